The highest BCUT2D eigenvalue weighted by atomic mass is 31.2. The second kappa shape index (κ2) is 4.21. The van der Waals surface area contributed by atoms with Crippen molar-refractivity contribution in [2.24, 2.45) is 0 Å². The van der Waals surface area contributed by atoms with Crippen LogP contribution in [0.2, 0.25) is 0 Å². The second-order valence-corrected chi connectivity index (χ2v) is 4.74. The Morgan fingerprint density at radius 3 is 1.55 bits per heavy atom. The minimum atomic E-state index is -3.55. The summed E-state index contributed by atoms with van der Waals surface area (Å²) in [5.74, 6) is 0. The first-order valence-corrected chi connectivity index (χ1v) is 5.32. The minimum Gasteiger partial charge on any atom is -0.776 e. The molecule has 0 unspecified atom stereocenters. The average Bonchev–Trinajstić information content (AvgIpc) is 1.53. The van der Waals surface area contributed by atoms with Crippen molar-refractivity contribution in [3.8, 4) is 0 Å². The van der Waals surface area contributed by atoms with Gasteiger partial charge in [0.25, 0.3) is 0 Å². The lowest BCUT2D eigenvalue weighted by atomic mass is 10.4. The van der Waals surface area contributed by atoms with Gasteiger partial charge in [0.2, 0.25) is 0 Å². The van der Waals surface area contributed by atoms with Gasteiger partial charge in [-0.25, -0.2) is 0 Å². The van der Waals surface area contributed by atoms with Crippen molar-refractivity contribution >= 4 is 7.67 Å². The molecule has 4 nitrogen and oxygen atoms in total. The largest absolute Gasteiger partial charge is 0.776 e. The molecule has 68 valence electrons. The molecule has 0 aromatic heterocycles. The number of rotatable bonds is 4. The minimum absolute atomic E-state index is 0.0513. The van der Waals surface area contributed by atoms with E-state index in [-0.39, 0.29) is 12.1 Å². The molecule has 11 heavy (non-hydrogen) atoms. The molecule has 0 fully saturated rings. The van der Waals surface area contributed by atoms with Crippen LogP contribution in [0, 0.1) is 0 Å². The zero-order valence-electron chi connectivity index (χ0n) is 7.42. The fraction of sp³-hybridized carbons (Fsp3) is 1.00. The molecule has 0 amide bonds. The van der Waals surface area contributed by atoms with Crippen molar-refractivity contribution in [2.75, 3.05) is 0 Å². The molecular formula is C6H16N2O2P-. The molecule has 2 N–H and O–H groups in total. The lowest BCUT2D eigenvalue weighted by Gasteiger charge is -2.29. The van der Waals surface area contributed by atoms with Crippen molar-refractivity contribution in [2.45, 2.75) is 39.8 Å². The Kier molecular flexibility index (Phi) is 4.26. The van der Waals surface area contributed by atoms with E-state index in [0.717, 1.165) is 0 Å². The Morgan fingerprint density at radius 2 is 1.36 bits per heavy atom. The molecule has 0 aliphatic carbocycles. The molecule has 0 aromatic carbocycles. The van der Waals surface area contributed by atoms with E-state index >= 15 is 0 Å². The number of nitrogens with one attached hydrogen (secondary N) is 2. The molecule has 0 atom stereocenters. The van der Waals surface area contributed by atoms with Crippen LogP contribution in [0.15, 0.2) is 0 Å². The first-order chi connectivity index (χ1) is 4.83. The second-order valence-electron chi connectivity index (χ2n) is 3.12. The predicted molar refractivity (Wildman–Crippen MR) is 44.1 cm³/mol. The van der Waals surface area contributed by atoms with Crippen LogP contribution in [0.1, 0.15) is 27.7 Å². The Bertz CT molecular complexity index is 145. The van der Waals surface area contributed by atoms with Gasteiger partial charge in [-0.2, -0.15) is 0 Å². The van der Waals surface area contributed by atoms with Gasteiger partial charge in [0, 0.05) is 12.1 Å². The molecular weight excluding hydrogens is 163 g/mol. The van der Waals surface area contributed by atoms with E-state index in [1.165, 1.54) is 0 Å². The van der Waals surface area contributed by atoms with Crippen molar-refractivity contribution in [3.63, 3.8) is 0 Å². The molecule has 5 heteroatoms. The summed E-state index contributed by atoms with van der Waals surface area (Å²) >= 11 is 0. The van der Waals surface area contributed by atoms with Crippen molar-refractivity contribution in [1.29, 1.82) is 0 Å². The third kappa shape index (κ3) is 6.51. The van der Waals surface area contributed by atoms with Crippen LogP contribution >= 0.6 is 7.67 Å². The molecule has 0 radical (unpaired) electrons. The van der Waals surface area contributed by atoms with Crippen LogP contribution in [0.4, 0.5) is 0 Å². The first-order valence-electron chi connectivity index (χ1n) is 3.70. The van der Waals surface area contributed by atoms with Crippen LogP contribution in [0.25, 0.3) is 0 Å². The van der Waals surface area contributed by atoms with Gasteiger partial charge < -0.3 is 9.46 Å². The Labute approximate surface area is 67.9 Å². The third-order valence-electron chi connectivity index (χ3n) is 0.856. The Morgan fingerprint density at radius 1 is 1.09 bits per heavy atom. The highest BCUT2D eigenvalue weighted by Gasteiger charge is 2.08. The predicted octanol–water partition coefficient (Wildman–Crippen LogP) is 0.451. The molecule has 0 aliphatic heterocycles. The molecule has 0 bridgehead atoms. The Hall–Kier alpha value is 0.110. The summed E-state index contributed by atoms with van der Waals surface area (Å²) in [7, 11) is -3.55. The highest BCUT2D eigenvalue weighted by Crippen LogP contribution is 2.25. The fourth-order valence-corrected chi connectivity index (χ4v) is 2.15. The normalized spacial score (nSPS) is 13.0. The summed E-state index contributed by atoms with van der Waals surface area (Å²) < 4.78 is 11.1. The molecule has 0 rings (SSSR count). The molecule has 0 aliphatic rings. The lowest BCUT2D eigenvalue weighted by Crippen LogP contribution is -2.37. The summed E-state index contributed by atoms with van der Waals surface area (Å²) in [6.45, 7) is 7.14. The zero-order chi connectivity index (χ0) is 9.07. The van der Waals surface area contributed by atoms with Crippen molar-refractivity contribution in [1.82, 2.24) is 10.2 Å². The lowest BCUT2D eigenvalue weighted by molar-refractivity contribution is -0.182. The quantitative estimate of drug-likeness (QED) is 0.615. The summed E-state index contributed by atoms with van der Waals surface area (Å²) in [6, 6.07) is -0.103. The van der Waals surface area contributed by atoms with Gasteiger partial charge in [-0.3, -0.25) is 10.2 Å². The van der Waals surface area contributed by atoms with Gasteiger partial charge in [-0.15, -0.1) is 0 Å². The molecule has 0 spiro atoms. The summed E-state index contributed by atoms with van der Waals surface area (Å²) in [5, 5.41) is 4.88. The maximum absolute atomic E-state index is 11.1. The zero-order valence-corrected chi connectivity index (χ0v) is 8.31. The van der Waals surface area contributed by atoms with E-state index in [0.29, 0.717) is 0 Å². The van der Waals surface area contributed by atoms with E-state index < -0.39 is 7.67 Å². The van der Waals surface area contributed by atoms with E-state index in [2.05, 4.69) is 10.2 Å². The molecule has 0 saturated heterocycles. The number of hydrogen-bond donors (Lipinski definition) is 2. The number of hydrogen-bond acceptors (Lipinski definition) is 2. The molecule has 0 heterocycles. The van der Waals surface area contributed by atoms with Crippen LogP contribution < -0.4 is 15.1 Å². The van der Waals surface area contributed by atoms with E-state index in [1.54, 1.807) is 27.7 Å². The standard InChI is InChI=1S/C6H17N2O2P/c1-5(2)7-11(9,10)8-6(3)4/h5-6H,1-4H3,(H3,7,8,9,10)/p-1. The fourth-order valence-electron chi connectivity index (χ4n) is 0.717. The van der Waals surface area contributed by atoms with Crippen LogP contribution in [-0.4, -0.2) is 12.1 Å². The van der Waals surface area contributed by atoms with Gasteiger partial charge in [0.05, 0.1) is 0 Å². The van der Waals surface area contributed by atoms with Gasteiger partial charge in [-0.1, -0.05) is 0 Å². The third-order valence-corrected chi connectivity index (χ3v) is 2.57. The monoisotopic (exact) mass is 179 g/mol. The van der Waals surface area contributed by atoms with E-state index in [9.17, 15) is 9.46 Å². The molecule has 0 saturated carbocycles. The van der Waals surface area contributed by atoms with Gasteiger partial charge in [-0.05, 0) is 27.7 Å². The molecule has 0 aromatic rings. The summed E-state index contributed by atoms with van der Waals surface area (Å²) in [4.78, 5) is 11.1. The maximum Gasteiger partial charge on any atom is 0.143 e. The summed E-state index contributed by atoms with van der Waals surface area (Å²) in [6.07, 6.45) is 0. The van der Waals surface area contributed by atoms with Crippen molar-refractivity contribution in [3.05, 3.63) is 0 Å². The topological polar surface area (TPSA) is 64.2 Å². The smallest absolute Gasteiger partial charge is 0.143 e. The van der Waals surface area contributed by atoms with Gasteiger partial charge >= 0.3 is 0 Å². The van der Waals surface area contributed by atoms with Crippen molar-refractivity contribution < 1.29 is 9.46 Å². The first kappa shape index (κ1) is 11.1. The highest BCUT2D eigenvalue weighted by molar-refractivity contribution is 7.52. The van der Waals surface area contributed by atoms with Crippen LogP contribution in [0.3, 0.4) is 0 Å². The Balaban J connectivity index is 3.91. The van der Waals surface area contributed by atoms with Crippen LogP contribution in [-0.2, 0) is 4.57 Å². The average molecular weight is 179 g/mol. The van der Waals surface area contributed by atoms with Gasteiger partial charge in [0.1, 0.15) is 7.67 Å². The summed E-state index contributed by atoms with van der Waals surface area (Å²) in [5.41, 5.74) is 0. The SMILES string of the molecule is CC(C)NP(=O)([O-])NC(C)C. The van der Waals surface area contributed by atoms with E-state index in [1.807, 2.05) is 0 Å². The maximum atomic E-state index is 11.1. The van der Waals surface area contributed by atoms with Crippen LogP contribution in [0.5, 0.6) is 0 Å². The van der Waals surface area contributed by atoms with E-state index in [4.69, 9.17) is 0 Å². The van der Waals surface area contributed by atoms with Gasteiger partial charge in [0.15, 0.2) is 0 Å².